The summed E-state index contributed by atoms with van der Waals surface area (Å²) in [7, 11) is 2.18. The Kier molecular flexibility index (Phi) is 7.90. The van der Waals surface area contributed by atoms with Gasteiger partial charge in [0.05, 0.1) is 0 Å². The maximum atomic E-state index is 11.7. The SMILES string of the molecule is CN1CCN(CCCCCNC(=O)COc2ccccc2)CC1. The summed E-state index contributed by atoms with van der Waals surface area (Å²) in [4.78, 5) is 16.6. The molecule has 0 radical (unpaired) electrons. The third-order valence-corrected chi connectivity index (χ3v) is 4.18. The van der Waals surface area contributed by atoms with Crippen molar-refractivity contribution in [2.75, 3.05) is 52.9 Å². The minimum Gasteiger partial charge on any atom is -0.484 e. The Morgan fingerprint density at radius 3 is 2.57 bits per heavy atom. The van der Waals surface area contributed by atoms with E-state index in [9.17, 15) is 4.79 Å². The molecule has 0 unspecified atom stereocenters. The predicted octanol–water partition coefficient (Wildman–Crippen LogP) is 1.60. The minimum atomic E-state index is -0.0482. The Labute approximate surface area is 139 Å². The number of carbonyl (C=O) groups is 1. The van der Waals surface area contributed by atoms with Gasteiger partial charge >= 0.3 is 0 Å². The van der Waals surface area contributed by atoms with Crippen LogP contribution >= 0.6 is 0 Å². The summed E-state index contributed by atoms with van der Waals surface area (Å²) in [6.45, 7) is 6.73. The van der Waals surface area contributed by atoms with Crippen molar-refractivity contribution >= 4 is 5.91 Å². The van der Waals surface area contributed by atoms with E-state index in [0.717, 1.165) is 25.1 Å². The maximum absolute atomic E-state index is 11.7. The molecule has 1 fully saturated rings. The van der Waals surface area contributed by atoms with E-state index in [4.69, 9.17) is 4.74 Å². The van der Waals surface area contributed by atoms with Crippen molar-refractivity contribution in [1.29, 1.82) is 0 Å². The third-order valence-electron chi connectivity index (χ3n) is 4.18. The number of nitrogens with one attached hydrogen (secondary N) is 1. The fourth-order valence-corrected chi connectivity index (χ4v) is 2.65. The van der Waals surface area contributed by atoms with Gasteiger partial charge in [0.25, 0.3) is 5.91 Å². The zero-order valence-electron chi connectivity index (χ0n) is 14.2. The van der Waals surface area contributed by atoms with Crippen molar-refractivity contribution in [3.8, 4) is 5.75 Å². The van der Waals surface area contributed by atoms with Crippen LogP contribution in [0.15, 0.2) is 30.3 Å². The number of amides is 1. The summed E-state index contributed by atoms with van der Waals surface area (Å²) in [6.07, 6.45) is 3.40. The number of nitrogens with zero attached hydrogens (tertiary/aromatic N) is 2. The number of hydrogen-bond acceptors (Lipinski definition) is 4. The van der Waals surface area contributed by atoms with Crippen LogP contribution < -0.4 is 10.1 Å². The first-order valence-electron chi connectivity index (χ1n) is 8.59. The molecular formula is C18H29N3O2. The number of piperazine rings is 1. The van der Waals surface area contributed by atoms with Gasteiger partial charge in [0.2, 0.25) is 0 Å². The van der Waals surface area contributed by atoms with Gasteiger partial charge in [-0.15, -0.1) is 0 Å². The molecule has 1 N–H and O–H groups in total. The average Bonchev–Trinajstić information content (AvgIpc) is 2.58. The molecule has 5 nitrogen and oxygen atoms in total. The van der Waals surface area contributed by atoms with Crippen LogP contribution in [0.1, 0.15) is 19.3 Å². The summed E-state index contributed by atoms with van der Waals surface area (Å²) in [5.74, 6) is 0.683. The Balaban J connectivity index is 1.43. The van der Waals surface area contributed by atoms with E-state index in [1.54, 1.807) is 0 Å². The number of carbonyl (C=O) groups excluding carboxylic acids is 1. The zero-order valence-corrected chi connectivity index (χ0v) is 14.2. The molecule has 0 saturated carbocycles. The number of likely N-dealkylation sites (N-methyl/N-ethyl adjacent to an activating group) is 1. The van der Waals surface area contributed by atoms with Gasteiger partial charge < -0.3 is 19.9 Å². The number of hydrogen-bond donors (Lipinski definition) is 1. The van der Waals surface area contributed by atoms with Crippen molar-refractivity contribution in [1.82, 2.24) is 15.1 Å². The standard InChI is InChI=1S/C18H29N3O2/c1-20-12-14-21(15-13-20)11-7-3-6-10-19-18(22)16-23-17-8-4-2-5-9-17/h2,4-5,8-9H,3,6-7,10-16H2,1H3,(H,19,22). The molecular weight excluding hydrogens is 290 g/mol. The Morgan fingerprint density at radius 1 is 1.09 bits per heavy atom. The Morgan fingerprint density at radius 2 is 1.83 bits per heavy atom. The van der Waals surface area contributed by atoms with Gasteiger partial charge in [-0.25, -0.2) is 0 Å². The second-order valence-corrected chi connectivity index (χ2v) is 6.16. The van der Waals surface area contributed by atoms with E-state index >= 15 is 0 Å². The highest BCUT2D eigenvalue weighted by Gasteiger charge is 2.12. The number of para-hydroxylation sites is 1. The van der Waals surface area contributed by atoms with Crippen LogP contribution in [0.4, 0.5) is 0 Å². The molecule has 1 aliphatic heterocycles. The Hall–Kier alpha value is -1.59. The van der Waals surface area contributed by atoms with Gasteiger partial charge in [0.1, 0.15) is 5.75 Å². The summed E-state index contributed by atoms with van der Waals surface area (Å²) >= 11 is 0. The second-order valence-electron chi connectivity index (χ2n) is 6.16. The lowest BCUT2D eigenvalue weighted by Gasteiger charge is -2.32. The van der Waals surface area contributed by atoms with Crippen LogP contribution in [0.3, 0.4) is 0 Å². The minimum absolute atomic E-state index is 0.0482. The van der Waals surface area contributed by atoms with Crippen LogP contribution in [0.5, 0.6) is 5.75 Å². The molecule has 0 aliphatic carbocycles. The fourth-order valence-electron chi connectivity index (χ4n) is 2.65. The van der Waals surface area contributed by atoms with Crippen LogP contribution in [0.2, 0.25) is 0 Å². The smallest absolute Gasteiger partial charge is 0.257 e. The number of benzene rings is 1. The molecule has 1 aromatic rings. The number of unbranched alkanes of at least 4 members (excludes halogenated alkanes) is 2. The van der Waals surface area contributed by atoms with Crippen molar-refractivity contribution < 1.29 is 9.53 Å². The molecule has 1 amide bonds. The molecule has 23 heavy (non-hydrogen) atoms. The molecule has 1 aliphatic rings. The largest absolute Gasteiger partial charge is 0.484 e. The second kappa shape index (κ2) is 10.2. The van der Waals surface area contributed by atoms with Crippen molar-refractivity contribution in [3.05, 3.63) is 30.3 Å². The summed E-state index contributed by atoms with van der Waals surface area (Å²) in [5.41, 5.74) is 0. The third kappa shape index (κ3) is 7.48. The van der Waals surface area contributed by atoms with Gasteiger partial charge in [-0.05, 0) is 38.6 Å². The number of rotatable bonds is 9. The molecule has 5 heteroatoms. The molecule has 1 heterocycles. The van der Waals surface area contributed by atoms with E-state index in [1.807, 2.05) is 30.3 Å². The normalized spacial score (nSPS) is 16.2. The molecule has 0 spiro atoms. The maximum Gasteiger partial charge on any atom is 0.257 e. The van der Waals surface area contributed by atoms with E-state index in [0.29, 0.717) is 0 Å². The summed E-state index contributed by atoms with van der Waals surface area (Å²) in [5, 5.41) is 2.91. The quantitative estimate of drug-likeness (QED) is 0.702. The van der Waals surface area contributed by atoms with Gasteiger partial charge in [0.15, 0.2) is 6.61 Å². The van der Waals surface area contributed by atoms with Gasteiger partial charge in [0, 0.05) is 32.7 Å². The summed E-state index contributed by atoms with van der Waals surface area (Å²) < 4.78 is 5.41. The number of ether oxygens (including phenoxy) is 1. The lowest BCUT2D eigenvalue weighted by atomic mass is 10.2. The highest BCUT2D eigenvalue weighted by Crippen LogP contribution is 2.07. The monoisotopic (exact) mass is 319 g/mol. The molecule has 1 aromatic carbocycles. The molecule has 2 rings (SSSR count). The predicted molar refractivity (Wildman–Crippen MR) is 92.7 cm³/mol. The Bertz CT molecular complexity index is 445. The van der Waals surface area contributed by atoms with Crippen molar-refractivity contribution in [2.24, 2.45) is 0 Å². The van der Waals surface area contributed by atoms with E-state index in [2.05, 4.69) is 22.2 Å². The van der Waals surface area contributed by atoms with E-state index in [-0.39, 0.29) is 12.5 Å². The fraction of sp³-hybridized carbons (Fsp3) is 0.611. The molecule has 0 aromatic heterocycles. The first kappa shape index (κ1) is 17.8. The van der Waals surface area contributed by atoms with Crippen molar-refractivity contribution in [3.63, 3.8) is 0 Å². The molecule has 128 valence electrons. The topological polar surface area (TPSA) is 44.8 Å². The van der Waals surface area contributed by atoms with Crippen LogP contribution in [0, 0.1) is 0 Å². The highest BCUT2D eigenvalue weighted by atomic mass is 16.5. The first-order chi connectivity index (χ1) is 11.2. The van der Waals surface area contributed by atoms with Gasteiger partial charge in [-0.1, -0.05) is 24.6 Å². The van der Waals surface area contributed by atoms with Crippen molar-refractivity contribution in [2.45, 2.75) is 19.3 Å². The molecule has 1 saturated heterocycles. The van der Waals surface area contributed by atoms with E-state index < -0.39 is 0 Å². The van der Waals surface area contributed by atoms with Gasteiger partial charge in [-0.3, -0.25) is 4.79 Å². The molecule has 0 atom stereocenters. The molecule has 0 bridgehead atoms. The van der Waals surface area contributed by atoms with Gasteiger partial charge in [-0.2, -0.15) is 0 Å². The first-order valence-corrected chi connectivity index (χ1v) is 8.59. The average molecular weight is 319 g/mol. The van der Waals surface area contributed by atoms with Crippen LogP contribution in [-0.4, -0.2) is 68.6 Å². The van der Waals surface area contributed by atoms with Crippen LogP contribution in [-0.2, 0) is 4.79 Å². The summed E-state index contributed by atoms with van der Waals surface area (Å²) in [6, 6.07) is 9.42. The lowest BCUT2D eigenvalue weighted by Crippen LogP contribution is -2.44. The van der Waals surface area contributed by atoms with E-state index in [1.165, 1.54) is 39.1 Å². The lowest BCUT2D eigenvalue weighted by molar-refractivity contribution is -0.123. The zero-order chi connectivity index (χ0) is 16.3. The van der Waals surface area contributed by atoms with Crippen LogP contribution in [0.25, 0.3) is 0 Å². The highest BCUT2D eigenvalue weighted by molar-refractivity contribution is 5.77.